The van der Waals surface area contributed by atoms with E-state index < -0.39 is 0 Å². The number of benzene rings is 1. The van der Waals surface area contributed by atoms with Crippen LogP contribution in [0.5, 0.6) is 5.75 Å². The maximum atomic E-state index is 11.7. The molecular weight excluding hydrogens is 352 g/mol. The summed E-state index contributed by atoms with van der Waals surface area (Å²) in [6.45, 7) is 4.61. The van der Waals surface area contributed by atoms with E-state index in [-0.39, 0.29) is 0 Å². The van der Waals surface area contributed by atoms with E-state index in [1.54, 1.807) is 5.56 Å². The Kier molecular flexibility index (Phi) is 3.43. The first kappa shape index (κ1) is 17.7. The molecule has 1 N–H and O–H groups in total. The molecule has 1 nitrogen and oxygen atoms in total. The molecule has 8 bridgehead atoms. The lowest BCUT2D eigenvalue weighted by molar-refractivity contribution is -0.00825. The summed E-state index contributed by atoms with van der Waals surface area (Å²) >= 11 is 0. The summed E-state index contributed by atoms with van der Waals surface area (Å²) in [4.78, 5) is 0. The van der Waals surface area contributed by atoms with Gasteiger partial charge in [0.15, 0.2) is 0 Å². The van der Waals surface area contributed by atoms with Gasteiger partial charge in [-0.1, -0.05) is 6.07 Å². The molecular formula is C28H38O. The Labute approximate surface area is 176 Å². The average molecular weight is 391 g/mol. The third-order valence-corrected chi connectivity index (χ3v) is 10.9. The van der Waals surface area contributed by atoms with Gasteiger partial charge < -0.3 is 5.11 Å². The van der Waals surface area contributed by atoms with Gasteiger partial charge in [0.1, 0.15) is 5.75 Å². The van der Waals surface area contributed by atoms with Crippen molar-refractivity contribution < 1.29 is 5.11 Å². The van der Waals surface area contributed by atoms with Crippen molar-refractivity contribution in [3.63, 3.8) is 0 Å². The summed E-state index contributed by atoms with van der Waals surface area (Å²) in [6.07, 6.45) is 17.2. The van der Waals surface area contributed by atoms with Crippen molar-refractivity contribution in [3.8, 4) is 5.75 Å². The molecule has 0 aromatic heterocycles. The molecule has 0 atom stereocenters. The van der Waals surface area contributed by atoms with E-state index in [1.165, 1.54) is 93.7 Å². The molecule has 0 heterocycles. The minimum Gasteiger partial charge on any atom is -0.507 e. The van der Waals surface area contributed by atoms with Crippen LogP contribution in [-0.2, 0) is 10.8 Å². The van der Waals surface area contributed by atoms with Crippen LogP contribution in [0.3, 0.4) is 0 Å². The van der Waals surface area contributed by atoms with Gasteiger partial charge in [-0.05, 0) is 149 Å². The summed E-state index contributed by atoms with van der Waals surface area (Å²) in [6, 6.07) is 2.59. The van der Waals surface area contributed by atoms with Crippen molar-refractivity contribution >= 4 is 0 Å². The third-order valence-electron chi connectivity index (χ3n) is 10.9. The zero-order valence-corrected chi connectivity index (χ0v) is 18.5. The smallest absolute Gasteiger partial charge is 0.122 e. The van der Waals surface area contributed by atoms with Crippen LogP contribution < -0.4 is 0 Å². The van der Waals surface area contributed by atoms with E-state index in [4.69, 9.17) is 0 Å². The predicted octanol–water partition coefficient (Wildman–Crippen LogP) is 6.94. The van der Waals surface area contributed by atoms with E-state index in [0.717, 1.165) is 41.3 Å². The zero-order chi connectivity index (χ0) is 19.5. The number of aryl methyl sites for hydroxylation is 1. The number of phenolic OH excluding ortho intramolecular Hbond substituents is 1. The molecule has 0 amide bonds. The van der Waals surface area contributed by atoms with Crippen LogP contribution in [-0.4, -0.2) is 5.11 Å². The molecule has 0 unspecified atom stereocenters. The molecule has 156 valence electrons. The van der Waals surface area contributed by atoms with Gasteiger partial charge in [-0.2, -0.15) is 0 Å². The van der Waals surface area contributed by atoms with Crippen LogP contribution in [0.15, 0.2) is 6.07 Å². The molecule has 9 rings (SSSR count). The standard InChI is InChI=1S/C28H38O/c1-16-3-24(27-10-18-4-19(11-27)6-20(5-18)12-27)17(2)26(29)25(16)28-13-21-7-22(14-28)9-23(8-21)15-28/h3,18-23,29H,4-15H2,1-2H3. The van der Waals surface area contributed by atoms with Crippen molar-refractivity contribution in [2.45, 2.75) is 102 Å². The molecule has 8 aliphatic carbocycles. The Morgan fingerprint density at radius 1 is 0.655 bits per heavy atom. The van der Waals surface area contributed by atoms with Gasteiger partial charge in [0.2, 0.25) is 0 Å². The second-order valence-corrected chi connectivity index (χ2v) is 13.0. The van der Waals surface area contributed by atoms with Crippen LogP contribution in [0, 0.1) is 49.4 Å². The molecule has 1 aromatic rings. The molecule has 8 fully saturated rings. The van der Waals surface area contributed by atoms with Gasteiger partial charge in [-0.15, -0.1) is 0 Å². The fraction of sp³-hybridized carbons (Fsp3) is 0.786. The number of hydrogen-bond acceptors (Lipinski definition) is 1. The number of hydrogen-bond donors (Lipinski definition) is 1. The maximum absolute atomic E-state index is 11.7. The van der Waals surface area contributed by atoms with Crippen LogP contribution >= 0.6 is 0 Å². The van der Waals surface area contributed by atoms with E-state index in [9.17, 15) is 5.11 Å². The molecule has 29 heavy (non-hydrogen) atoms. The van der Waals surface area contributed by atoms with E-state index in [1.807, 2.05) is 0 Å². The highest BCUT2D eigenvalue weighted by atomic mass is 16.3. The van der Waals surface area contributed by atoms with E-state index >= 15 is 0 Å². The van der Waals surface area contributed by atoms with E-state index in [2.05, 4.69) is 19.9 Å². The van der Waals surface area contributed by atoms with Crippen LogP contribution in [0.4, 0.5) is 0 Å². The zero-order valence-electron chi connectivity index (χ0n) is 18.5. The molecule has 8 aliphatic rings. The fourth-order valence-corrected chi connectivity index (χ4v) is 11.0. The van der Waals surface area contributed by atoms with Crippen molar-refractivity contribution in [2.75, 3.05) is 0 Å². The second-order valence-electron chi connectivity index (χ2n) is 13.0. The largest absolute Gasteiger partial charge is 0.507 e. The first-order valence-corrected chi connectivity index (χ1v) is 12.8. The Bertz CT molecular complexity index is 806. The molecule has 1 heteroatoms. The Morgan fingerprint density at radius 3 is 1.45 bits per heavy atom. The first-order chi connectivity index (χ1) is 13.9. The Balaban J connectivity index is 1.34. The van der Waals surface area contributed by atoms with Crippen LogP contribution in [0.2, 0.25) is 0 Å². The lowest BCUT2D eigenvalue weighted by Gasteiger charge is -2.58. The molecule has 0 radical (unpaired) electrons. The average Bonchev–Trinajstić information content (AvgIpc) is 2.62. The topological polar surface area (TPSA) is 20.2 Å². The first-order valence-electron chi connectivity index (χ1n) is 12.8. The van der Waals surface area contributed by atoms with Gasteiger partial charge in [-0.3, -0.25) is 0 Å². The van der Waals surface area contributed by atoms with Gasteiger partial charge in [0, 0.05) is 11.0 Å². The quantitative estimate of drug-likeness (QED) is 0.579. The SMILES string of the molecule is Cc1cc(C23CC4CC(CC(C4)C2)C3)c(C)c(O)c1C12CC3CC(CC(C3)C1)C2. The van der Waals surface area contributed by atoms with Crippen molar-refractivity contribution in [1.82, 2.24) is 0 Å². The molecule has 0 spiro atoms. The fourth-order valence-electron chi connectivity index (χ4n) is 11.0. The number of rotatable bonds is 2. The highest BCUT2D eigenvalue weighted by Gasteiger charge is 2.55. The second kappa shape index (κ2) is 5.63. The molecule has 8 saturated carbocycles. The summed E-state index contributed by atoms with van der Waals surface area (Å²) in [5, 5.41) is 11.7. The van der Waals surface area contributed by atoms with Gasteiger partial charge in [0.25, 0.3) is 0 Å². The van der Waals surface area contributed by atoms with Gasteiger partial charge >= 0.3 is 0 Å². The number of aromatic hydroxyl groups is 1. The lowest BCUT2D eigenvalue weighted by Crippen LogP contribution is -2.50. The van der Waals surface area contributed by atoms with Gasteiger partial charge in [0.05, 0.1) is 0 Å². The molecule has 0 saturated heterocycles. The lowest BCUT2D eigenvalue weighted by atomic mass is 9.46. The van der Waals surface area contributed by atoms with Crippen molar-refractivity contribution in [3.05, 3.63) is 28.3 Å². The predicted molar refractivity (Wildman–Crippen MR) is 117 cm³/mol. The van der Waals surface area contributed by atoms with E-state index in [0.29, 0.717) is 10.8 Å². The highest BCUT2D eigenvalue weighted by molar-refractivity contribution is 5.56. The highest BCUT2D eigenvalue weighted by Crippen LogP contribution is 2.65. The number of phenols is 1. The molecule has 0 aliphatic heterocycles. The Morgan fingerprint density at radius 2 is 1.03 bits per heavy atom. The monoisotopic (exact) mass is 390 g/mol. The summed E-state index contributed by atoms with van der Waals surface area (Å²) < 4.78 is 0. The summed E-state index contributed by atoms with van der Waals surface area (Å²) in [5.41, 5.74) is 6.33. The third kappa shape index (κ3) is 2.34. The van der Waals surface area contributed by atoms with Crippen LogP contribution in [0.25, 0.3) is 0 Å². The summed E-state index contributed by atoms with van der Waals surface area (Å²) in [5.74, 6) is 6.41. The minimum absolute atomic E-state index is 0.299. The van der Waals surface area contributed by atoms with Crippen molar-refractivity contribution in [2.24, 2.45) is 35.5 Å². The van der Waals surface area contributed by atoms with Gasteiger partial charge in [-0.25, -0.2) is 0 Å². The normalized spacial score (nSPS) is 49.2. The minimum atomic E-state index is 0.299. The van der Waals surface area contributed by atoms with Crippen LogP contribution in [0.1, 0.15) is 99.3 Å². The maximum Gasteiger partial charge on any atom is 0.122 e. The summed E-state index contributed by atoms with van der Waals surface area (Å²) in [7, 11) is 0. The Hall–Kier alpha value is -0.980. The van der Waals surface area contributed by atoms with Crippen molar-refractivity contribution in [1.29, 1.82) is 0 Å². The molecule has 1 aromatic carbocycles.